The molecule has 0 saturated carbocycles. The molecule has 0 spiro atoms. The van der Waals surface area contributed by atoms with E-state index in [2.05, 4.69) is 15.2 Å². The molecule has 11 heteroatoms. The Morgan fingerprint density at radius 2 is 1.58 bits per heavy atom. The van der Waals surface area contributed by atoms with Gasteiger partial charge >= 0.3 is 12.5 Å². The summed E-state index contributed by atoms with van der Waals surface area (Å²) < 4.78 is 40.9. The van der Waals surface area contributed by atoms with Gasteiger partial charge in [0.15, 0.2) is 0 Å². The summed E-state index contributed by atoms with van der Waals surface area (Å²) in [5.74, 6) is -1.78. The van der Waals surface area contributed by atoms with Crippen LogP contribution in [0.1, 0.15) is 37.4 Å². The van der Waals surface area contributed by atoms with Crippen molar-refractivity contribution in [2.75, 3.05) is 10.2 Å². The van der Waals surface area contributed by atoms with Crippen LogP contribution in [-0.2, 0) is 4.84 Å². The number of imide groups is 1. The fourth-order valence-electron chi connectivity index (χ4n) is 3.64. The highest BCUT2D eigenvalue weighted by Crippen LogP contribution is 2.31. The molecule has 1 heterocycles. The average molecular weight is 497 g/mol. The van der Waals surface area contributed by atoms with Crippen LogP contribution < -0.4 is 15.0 Å². The average Bonchev–Trinajstić information content (AvgIpc) is 3.05. The quantitative estimate of drug-likeness (QED) is 0.215. The third-order valence-corrected chi connectivity index (χ3v) is 5.28. The lowest BCUT2D eigenvalue weighted by atomic mass is 10.1. The highest BCUT2D eigenvalue weighted by molar-refractivity contribution is 6.34. The zero-order valence-electron chi connectivity index (χ0n) is 18.9. The van der Waals surface area contributed by atoms with Gasteiger partial charge < -0.3 is 4.74 Å². The highest BCUT2D eigenvalue weighted by atomic mass is 19.4. The monoisotopic (exact) mass is 497 g/mol. The van der Waals surface area contributed by atoms with Crippen LogP contribution in [0.5, 0.6) is 5.75 Å². The molecule has 0 saturated heterocycles. The maximum atomic E-state index is 12.9. The second kappa shape index (κ2) is 9.53. The van der Waals surface area contributed by atoms with Crippen molar-refractivity contribution in [3.63, 3.8) is 0 Å². The van der Waals surface area contributed by atoms with Gasteiger partial charge in [-0.25, -0.2) is 9.69 Å². The number of carbonyl (C=O) groups is 3. The number of carbonyl (C=O) groups excluding carboxylic acids is 3. The number of fused-ring (bicyclic) bond motifs is 1. The van der Waals surface area contributed by atoms with Gasteiger partial charge in [0, 0.05) is 5.69 Å². The number of rotatable bonds is 5. The van der Waals surface area contributed by atoms with Crippen LogP contribution in [0.3, 0.4) is 0 Å². The zero-order valence-corrected chi connectivity index (χ0v) is 18.9. The molecule has 8 nitrogen and oxygen atoms in total. The summed E-state index contributed by atoms with van der Waals surface area (Å²) in [6, 6.07) is 14.2. The molecule has 0 aromatic heterocycles. The van der Waals surface area contributed by atoms with E-state index >= 15 is 0 Å². The molecular formula is C25H18F3N3O5. The zero-order chi connectivity index (χ0) is 26.0. The molecule has 0 radical (unpaired) electrons. The maximum absolute atomic E-state index is 12.9. The van der Waals surface area contributed by atoms with E-state index in [1.807, 2.05) is 32.0 Å². The van der Waals surface area contributed by atoms with Crippen LogP contribution in [0.15, 0.2) is 65.8 Å². The fourth-order valence-corrected chi connectivity index (χ4v) is 3.64. The Balaban J connectivity index is 1.45. The standard InChI is InChI=1S/C25H18F3N3O5/c1-14-4-3-5-15(2)21(14)30-24(34)36-29-13-16-6-11-19-20(12-16)23(33)31(22(19)32)17-7-9-18(10-8-17)35-25(26,27)28/h3-13H,1-2H3,(H,30,34)/b29-13+. The van der Waals surface area contributed by atoms with Crippen LogP contribution in [0.2, 0.25) is 0 Å². The van der Waals surface area contributed by atoms with E-state index in [-0.39, 0.29) is 16.8 Å². The summed E-state index contributed by atoms with van der Waals surface area (Å²) in [6.07, 6.45) is -4.47. The molecule has 184 valence electrons. The van der Waals surface area contributed by atoms with E-state index in [1.54, 1.807) is 0 Å². The topological polar surface area (TPSA) is 97.3 Å². The molecule has 0 atom stereocenters. The Bertz CT molecular complexity index is 1360. The molecule has 0 unspecified atom stereocenters. The lowest BCUT2D eigenvalue weighted by Crippen LogP contribution is -2.29. The van der Waals surface area contributed by atoms with Crippen molar-refractivity contribution in [2.45, 2.75) is 20.2 Å². The normalized spacial score (nSPS) is 13.2. The molecule has 3 amide bonds. The lowest BCUT2D eigenvalue weighted by Gasteiger charge is -2.15. The van der Waals surface area contributed by atoms with E-state index in [1.165, 1.54) is 36.5 Å². The summed E-state index contributed by atoms with van der Waals surface area (Å²) >= 11 is 0. The molecule has 0 aliphatic carbocycles. The number of nitrogens with zero attached hydrogens (tertiary/aromatic N) is 2. The summed E-state index contributed by atoms with van der Waals surface area (Å²) in [5, 5.41) is 6.24. The predicted molar refractivity (Wildman–Crippen MR) is 124 cm³/mol. The third-order valence-electron chi connectivity index (χ3n) is 5.28. The van der Waals surface area contributed by atoms with Crippen LogP contribution in [0.25, 0.3) is 0 Å². The summed E-state index contributed by atoms with van der Waals surface area (Å²) in [6.45, 7) is 3.67. The molecule has 3 aromatic carbocycles. The maximum Gasteiger partial charge on any atom is 0.573 e. The molecule has 4 rings (SSSR count). The van der Waals surface area contributed by atoms with Crippen molar-refractivity contribution in [2.24, 2.45) is 5.16 Å². The van der Waals surface area contributed by atoms with Crippen LogP contribution in [0, 0.1) is 13.8 Å². The second-order valence-electron chi connectivity index (χ2n) is 7.80. The van der Waals surface area contributed by atoms with E-state index in [0.717, 1.165) is 28.2 Å². The Labute approximate surface area is 202 Å². The minimum atomic E-state index is -4.86. The highest BCUT2D eigenvalue weighted by Gasteiger charge is 2.37. The number of alkyl halides is 3. The Hall–Kier alpha value is -4.67. The number of oxime groups is 1. The molecule has 1 aliphatic rings. The van der Waals surface area contributed by atoms with Crippen molar-refractivity contribution >= 4 is 35.5 Å². The van der Waals surface area contributed by atoms with Gasteiger partial charge in [0.1, 0.15) is 5.75 Å². The predicted octanol–water partition coefficient (Wildman–Crippen LogP) is 5.59. The molecule has 3 aromatic rings. The Morgan fingerprint density at radius 1 is 0.944 bits per heavy atom. The molecule has 1 aliphatic heterocycles. The van der Waals surface area contributed by atoms with Crippen LogP contribution in [-0.4, -0.2) is 30.5 Å². The minimum Gasteiger partial charge on any atom is -0.406 e. The first kappa shape index (κ1) is 24.5. The van der Waals surface area contributed by atoms with Gasteiger partial charge in [-0.1, -0.05) is 29.4 Å². The number of amides is 3. The number of benzene rings is 3. The molecule has 36 heavy (non-hydrogen) atoms. The van der Waals surface area contributed by atoms with Crippen molar-refractivity contribution < 1.29 is 37.1 Å². The van der Waals surface area contributed by atoms with E-state index < -0.39 is 30.0 Å². The van der Waals surface area contributed by atoms with Crippen LogP contribution >= 0.6 is 0 Å². The van der Waals surface area contributed by atoms with Gasteiger partial charge in [0.2, 0.25) is 0 Å². The smallest absolute Gasteiger partial charge is 0.406 e. The van der Waals surface area contributed by atoms with Gasteiger partial charge in [-0.3, -0.25) is 19.7 Å². The summed E-state index contributed by atoms with van der Waals surface area (Å²) in [7, 11) is 0. The number of anilines is 2. The molecule has 1 N–H and O–H groups in total. The summed E-state index contributed by atoms with van der Waals surface area (Å²) in [4.78, 5) is 43.4. The fraction of sp³-hybridized carbons (Fsp3) is 0.120. The number of ether oxygens (including phenoxy) is 1. The number of para-hydroxylation sites is 1. The first-order valence-electron chi connectivity index (χ1n) is 10.5. The Kier molecular flexibility index (Phi) is 6.47. The Morgan fingerprint density at radius 3 is 2.22 bits per heavy atom. The third kappa shape index (κ3) is 5.19. The van der Waals surface area contributed by atoms with Gasteiger partial charge in [-0.05, 0) is 66.9 Å². The number of halogens is 3. The molecule has 0 fully saturated rings. The van der Waals surface area contributed by atoms with Crippen molar-refractivity contribution in [1.29, 1.82) is 0 Å². The first-order valence-corrected chi connectivity index (χ1v) is 10.5. The summed E-state index contributed by atoms with van der Waals surface area (Å²) in [5.41, 5.74) is 2.95. The van der Waals surface area contributed by atoms with E-state index in [0.29, 0.717) is 11.3 Å². The SMILES string of the molecule is Cc1cccc(C)c1NC(=O)O/N=C/c1ccc2c(c1)C(=O)N(c1ccc(OC(F)(F)F)cc1)C2=O. The number of hydrogen-bond acceptors (Lipinski definition) is 6. The van der Waals surface area contributed by atoms with Crippen molar-refractivity contribution in [3.8, 4) is 5.75 Å². The van der Waals surface area contributed by atoms with E-state index in [4.69, 9.17) is 4.84 Å². The lowest BCUT2D eigenvalue weighted by molar-refractivity contribution is -0.274. The molecular weight excluding hydrogens is 479 g/mol. The number of nitrogens with one attached hydrogen (secondary N) is 1. The van der Waals surface area contributed by atoms with Gasteiger partial charge in [-0.15, -0.1) is 13.2 Å². The van der Waals surface area contributed by atoms with E-state index in [9.17, 15) is 27.6 Å². The van der Waals surface area contributed by atoms with Crippen molar-refractivity contribution in [1.82, 2.24) is 0 Å². The van der Waals surface area contributed by atoms with Gasteiger partial charge in [0.05, 0.1) is 23.0 Å². The van der Waals surface area contributed by atoms with Gasteiger partial charge in [0.25, 0.3) is 11.8 Å². The minimum absolute atomic E-state index is 0.0690. The van der Waals surface area contributed by atoms with Crippen LogP contribution in [0.4, 0.5) is 29.3 Å². The van der Waals surface area contributed by atoms with Gasteiger partial charge in [-0.2, -0.15) is 0 Å². The second-order valence-corrected chi connectivity index (χ2v) is 7.80. The largest absolute Gasteiger partial charge is 0.573 e. The molecule has 0 bridgehead atoms. The first-order chi connectivity index (χ1) is 17.0. The van der Waals surface area contributed by atoms with Crippen molar-refractivity contribution in [3.05, 3.63) is 88.5 Å². The number of aryl methyl sites for hydroxylation is 2. The number of hydrogen-bond donors (Lipinski definition) is 1.